The van der Waals surface area contributed by atoms with Gasteiger partial charge in [0.15, 0.2) is 5.78 Å². The van der Waals surface area contributed by atoms with Crippen LogP contribution in [-0.2, 0) is 4.79 Å². The van der Waals surface area contributed by atoms with E-state index in [1.54, 1.807) is 24.3 Å². The highest BCUT2D eigenvalue weighted by Crippen LogP contribution is 2.24. The van der Waals surface area contributed by atoms with E-state index in [4.69, 9.17) is 11.6 Å². The molecule has 130 valence electrons. The van der Waals surface area contributed by atoms with Crippen molar-refractivity contribution in [1.82, 2.24) is 5.32 Å². The largest absolute Gasteiger partial charge is 0.348 e. The molecule has 0 aliphatic heterocycles. The number of benzene rings is 3. The Bertz CT molecular complexity index is 855. The summed E-state index contributed by atoms with van der Waals surface area (Å²) in [6.45, 7) is -0.0741. The van der Waals surface area contributed by atoms with Crippen molar-refractivity contribution in [2.24, 2.45) is 0 Å². The molecule has 0 atom stereocenters. The number of carbonyl (C=O) groups is 2. The molecule has 0 saturated heterocycles. The van der Waals surface area contributed by atoms with Crippen molar-refractivity contribution in [3.63, 3.8) is 0 Å². The van der Waals surface area contributed by atoms with Crippen LogP contribution in [0, 0.1) is 0 Å². The van der Waals surface area contributed by atoms with Crippen molar-refractivity contribution in [2.75, 3.05) is 6.54 Å². The summed E-state index contributed by atoms with van der Waals surface area (Å²) < 4.78 is 0. The molecule has 0 bridgehead atoms. The molecule has 4 heteroatoms. The predicted octanol–water partition coefficient (Wildman–Crippen LogP) is 4.47. The molecule has 0 aromatic heterocycles. The highest BCUT2D eigenvalue weighted by atomic mass is 35.5. The Morgan fingerprint density at radius 3 is 1.92 bits per heavy atom. The Kier molecular flexibility index (Phi) is 5.82. The quantitative estimate of drug-likeness (QED) is 0.657. The molecule has 1 N–H and O–H groups in total. The number of halogens is 1. The summed E-state index contributed by atoms with van der Waals surface area (Å²) >= 11 is 5.92. The molecular formula is C22H18ClNO2. The lowest BCUT2D eigenvalue weighted by Crippen LogP contribution is -2.34. The summed E-state index contributed by atoms with van der Waals surface area (Å²) in [6.07, 6.45) is 0. The molecule has 0 heterocycles. The van der Waals surface area contributed by atoms with Crippen LogP contribution in [0.1, 0.15) is 27.4 Å². The maximum absolute atomic E-state index is 12.9. The molecule has 0 aliphatic rings. The van der Waals surface area contributed by atoms with Crippen LogP contribution in [0.3, 0.4) is 0 Å². The fraction of sp³-hybridized carbons (Fsp3) is 0.0909. The summed E-state index contributed by atoms with van der Waals surface area (Å²) in [6, 6.07) is 25.8. The third-order valence-corrected chi connectivity index (χ3v) is 4.33. The average Bonchev–Trinajstić information content (AvgIpc) is 2.68. The van der Waals surface area contributed by atoms with Crippen LogP contribution in [0.4, 0.5) is 0 Å². The topological polar surface area (TPSA) is 46.2 Å². The summed E-state index contributed by atoms with van der Waals surface area (Å²) in [4.78, 5) is 25.2. The summed E-state index contributed by atoms with van der Waals surface area (Å²) in [5.74, 6) is -0.858. The minimum absolute atomic E-state index is 0.0741. The van der Waals surface area contributed by atoms with E-state index in [1.807, 2.05) is 60.7 Å². The van der Waals surface area contributed by atoms with Gasteiger partial charge in [0.2, 0.25) is 5.91 Å². The molecule has 0 unspecified atom stereocenters. The first-order valence-corrected chi connectivity index (χ1v) is 8.69. The van der Waals surface area contributed by atoms with Gasteiger partial charge in [0.1, 0.15) is 0 Å². The van der Waals surface area contributed by atoms with Crippen LogP contribution in [0.25, 0.3) is 0 Å². The molecule has 0 radical (unpaired) electrons. The Hall–Kier alpha value is -2.91. The molecule has 3 nitrogen and oxygen atoms in total. The molecule has 1 amide bonds. The van der Waals surface area contributed by atoms with Crippen molar-refractivity contribution < 1.29 is 9.59 Å². The van der Waals surface area contributed by atoms with Crippen LogP contribution < -0.4 is 5.32 Å². The number of rotatable bonds is 6. The lowest BCUT2D eigenvalue weighted by molar-refractivity contribution is -0.121. The molecule has 0 aliphatic carbocycles. The third kappa shape index (κ3) is 4.38. The zero-order valence-electron chi connectivity index (χ0n) is 14.1. The summed E-state index contributed by atoms with van der Waals surface area (Å²) in [5, 5.41) is 3.26. The van der Waals surface area contributed by atoms with Crippen LogP contribution in [0.5, 0.6) is 0 Å². The Labute approximate surface area is 157 Å². The van der Waals surface area contributed by atoms with Gasteiger partial charge in [-0.3, -0.25) is 9.59 Å². The maximum Gasteiger partial charge on any atom is 0.232 e. The number of carbonyl (C=O) groups excluding carboxylic acids is 2. The molecule has 3 aromatic rings. The normalized spacial score (nSPS) is 10.5. The maximum atomic E-state index is 12.9. The summed E-state index contributed by atoms with van der Waals surface area (Å²) in [5.41, 5.74) is 2.24. The highest BCUT2D eigenvalue weighted by Gasteiger charge is 2.23. The van der Waals surface area contributed by atoms with Crippen LogP contribution in [-0.4, -0.2) is 18.2 Å². The highest BCUT2D eigenvalue weighted by molar-refractivity contribution is 6.31. The van der Waals surface area contributed by atoms with Gasteiger partial charge >= 0.3 is 0 Å². The van der Waals surface area contributed by atoms with Gasteiger partial charge in [-0.25, -0.2) is 0 Å². The molecular weight excluding hydrogens is 346 g/mol. The van der Waals surface area contributed by atoms with Gasteiger partial charge in [-0.1, -0.05) is 84.4 Å². The lowest BCUT2D eigenvalue weighted by atomic mass is 9.90. The van der Waals surface area contributed by atoms with E-state index >= 15 is 0 Å². The fourth-order valence-electron chi connectivity index (χ4n) is 2.82. The van der Waals surface area contributed by atoms with E-state index in [2.05, 4.69) is 5.32 Å². The molecule has 3 rings (SSSR count). The van der Waals surface area contributed by atoms with Crippen molar-refractivity contribution in [3.8, 4) is 0 Å². The van der Waals surface area contributed by atoms with Gasteiger partial charge in [0, 0.05) is 10.6 Å². The molecule has 26 heavy (non-hydrogen) atoms. The van der Waals surface area contributed by atoms with Crippen molar-refractivity contribution in [3.05, 3.63) is 107 Å². The zero-order valence-corrected chi connectivity index (χ0v) is 14.8. The Morgan fingerprint density at radius 1 is 0.808 bits per heavy atom. The first kappa shape index (κ1) is 17.9. The first-order chi connectivity index (χ1) is 12.6. The second-order valence-electron chi connectivity index (χ2n) is 5.91. The second kappa shape index (κ2) is 8.45. The van der Waals surface area contributed by atoms with Crippen LogP contribution >= 0.6 is 11.6 Å². The zero-order chi connectivity index (χ0) is 18.4. The van der Waals surface area contributed by atoms with Crippen molar-refractivity contribution in [2.45, 2.75) is 5.92 Å². The number of hydrogen-bond donors (Lipinski definition) is 1. The minimum atomic E-state index is -0.468. The number of ketones is 1. The lowest BCUT2D eigenvalue weighted by Gasteiger charge is -2.17. The minimum Gasteiger partial charge on any atom is -0.348 e. The van der Waals surface area contributed by atoms with Crippen LogP contribution in [0.15, 0.2) is 84.9 Å². The van der Waals surface area contributed by atoms with E-state index in [-0.39, 0.29) is 18.2 Å². The monoisotopic (exact) mass is 363 g/mol. The predicted molar refractivity (Wildman–Crippen MR) is 104 cm³/mol. The van der Waals surface area contributed by atoms with Gasteiger partial charge in [0.25, 0.3) is 0 Å². The van der Waals surface area contributed by atoms with E-state index in [0.29, 0.717) is 10.6 Å². The Morgan fingerprint density at radius 2 is 1.38 bits per heavy atom. The Balaban J connectivity index is 1.77. The third-order valence-electron chi connectivity index (χ3n) is 4.10. The van der Waals surface area contributed by atoms with E-state index in [1.165, 1.54) is 0 Å². The number of nitrogens with one attached hydrogen (secondary N) is 1. The van der Waals surface area contributed by atoms with Gasteiger partial charge in [-0.05, 0) is 23.3 Å². The number of Topliss-reactive ketones (excluding diaryl/α,β-unsaturated/α-hetero) is 1. The smallest absolute Gasteiger partial charge is 0.232 e. The molecule has 0 fully saturated rings. The SMILES string of the molecule is O=C(CNC(=O)C(c1ccccc1)c1ccccc1)c1cccc(Cl)c1. The first-order valence-electron chi connectivity index (χ1n) is 8.31. The van der Waals surface area contributed by atoms with E-state index in [9.17, 15) is 9.59 Å². The second-order valence-corrected chi connectivity index (χ2v) is 6.34. The van der Waals surface area contributed by atoms with Crippen LogP contribution in [0.2, 0.25) is 5.02 Å². The van der Waals surface area contributed by atoms with Crippen molar-refractivity contribution in [1.29, 1.82) is 0 Å². The van der Waals surface area contributed by atoms with E-state index in [0.717, 1.165) is 11.1 Å². The van der Waals surface area contributed by atoms with Gasteiger partial charge < -0.3 is 5.32 Å². The average molecular weight is 364 g/mol. The molecule has 0 spiro atoms. The van der Waals surface area contributed by atoms with Gasteiger partial charge in [-0.2, -0.15) is 0 Å². The van der Waals surface area contributed by atoms with Gasteiger partial charge in [-0.15, -0.1) is 0 Å². The molecule has 0 saturated carbocycles. The summed E-state index contributed by atoms with van der Waals surface area (Å²) in [7, 11) is 0. The molecule has 3 aromatic carbocycles. The standard InChI is InChI=1S/C22H18ClNO2/c23-19-13-7-12-18(14-19)20(25)15-24-22(26)21(16-8-3-1-4-9-16)17-10-5-2-6-11-17/h1-14,21H,15H2,(H,24,26). The van der Waals surface area contributed by atoms with Gasteiger partial charge in [0.05, 0.1) is 12.5 Å². The van der Waals surface area contributed by atoms with Crippen molar-refractivity contribution >= 4 is 23.3 Å². The van der Waals surface area contributed by atoms with E-state index < -0.39 is 5.92 Å². The number of hydrogen-bond acceptors (Lipinski definition) is 2. The number of amides is 1. The fourth-order valence-corrected chi connectivity index (χ4v) is 3.01.